The van der Waals surface area contributed by atoms with E-state index in [9.17, 15) is 14.2 Å². The molecule has 6 nitrogen and oxygen atoms in total. The van der Waals surface area contributed by atoms with E-state index in [4.69, 9.17) is 4.89 Å². The van der Waals surface area contributed by atoms with Crippen LogP contribution in [0.2, 0.25) is 0 Å². The van der Waals surface area contributed by atoms with Gasteiger partial charge in [0.05, 0.1) is 13.0 Å². The summed E-state index contributed by atoms with van der Waals surface area (Å²) in [6, 6.07) is 0. The van der Waals surface area contributed by atoms with Gasteiger partial charge in [0.2, 0.25) is 0 Å². The fraction of sp³-hybridized carbons (Fsp3) is 0.714. The van der Waals surface area contributed by atoms with Crippen molar-refractivity contribution < 1.29 is 28.5 Å². The van der Waals surface area contributed by atoms with Gasteiger partial charge in [0, 0.05) is 0 Å². The topological polar surface area (TPSA) is 89.9 Å². The highest BCUT2D eigenvalue weighted by Gasteiger charge is 2.19. The molecule has 0 aliphatic heterocycles. The maximum Gasteiger partial charge on any atom is 0.517 e. The summed E-state index contributed by atoms with van der Waals surface area (Å²) in [5.41, 5.74) is 0. The van der Waals surface area contributed by atoms with Crippen LogP contribution >= 0.6 is 8.03 Å². The Morgan fingerprint density at radius 2 is 1.93 bits per heavy atom. The SMILES string of the molecule is CCOC(=O)CCOC(=O)C[P+](=O)O. The second kappa shape index (κ2) is 7.41. The molecule has 0 saturated heterocycles. The third-order valence-electron chi connectivity index (χ3n) is 1.14. The molecule has 0 aliphatic carbocycles. The van der Waals surface area contributed by atoms with Gasteiger partial charge in [-0.3, -0.25) is 4.79 Å². The Labute approximate surface area is 82.1 Å². The van der Waals surface area contributed by atoms with Gasteiger partial charge in [-0.15, -0.1) is 0 Å². The third-order valence-corrected chi connectivity index (χ3v) is 1.67. The molecule has 0 fully saturated rings. The summed E-state index contributed by atoms with van der Waals surface area (Å²) >= 11 is 0. The molecule has 0 aliphatic rings. The van der Waals surface area contributed by atoms with E-state index < -0.39 is 26.1 Å². The first-order valence-electron chi connectivity index (χ1n) is 4.01. The summed E-state index contributed by atoms with van der Waals surface area (Å²) < 4.78 is 19.2. The fourth-order valence-corrected chi connectivity index (χ4v) is 0.950. The van der Waals surface area contributed by atoms with Crippen LogP contribution in [0.3, 0.4) is 0 Å². The molecule has 0 amide bonds. The third kappa shape index (κ3) is 7.64. The summed E-state index contributed by atoms with van der Waals surface area (Å²) in [7, 11) is -2.52. The monoisotopic (exact) mass is 223 g/mol. The molecule has 0 spiro atoms. The number of hydrogen-bond acceptors (Lipinski definition) is 5. The normalized spacial score (nSPS) is 10.6. The number of carbonyl (C=O) groups excluding carboxylic acids is 2. The highest BCUT2D eigenvalue weighted by Crippen LogP contribution is 2.11. The van der Waals surface area contributed by atoms with Crippen molar-refractivity contribution in [1.82, 2.24) is 0 Å². The Morgan fingerprint density at radius 1 is 1.29 bits per heavy atom. The van der Waals surface area contributed by atoms with E-state index in [1.54, 1.807) is 6.92 Å². The first-order chi connectivity index (χ1) is 6.56. The van der Waals surface area contributed by atoms with E-state index in [1.807, 2.05) is 0 Å². The number of carbonyl (C=O) groups is 2. The van der Waals surface area contributed by atoms with Gasteiger partial charge in [-0.1, -0.05) is 0 Å². The summed E-state index contributed by atoms with van der Waals surface area (Å²) in [5, 5.41) is 0. The van der Waals surface area contributed by atoms with E-state index in [2.05, 4.69) is 9.47 Å². The molecular formula is C7H12O6P+. The van der Waals surface area contributed by atoms with Crippen LogP contribution in [0.5, 0.6) is 0 Å². The van der Waals surface area contributed by atoms with Crippen LogP contribution in [0.25, 0.3) is 0 Å². The van der Waals surface area contributed by atoms with Crippen LogP contribution in [0.1, 0.15) is 13.3 Å². The highest BCUT2D eigenvalue weighted by atomic mass is 31.1. The molecule has 0 rings (SSSR count). The first-order valence-corrected chi connectivity index (χ1v) is 5.40. The van der Waals surface area contributed by atoms with Crippen molar-refractivity contribution in [3.63, 3.8) is 0 Å². The molecule has 0 aromatic heterocycles. The molecule has 80 valence electrons. The number of hydrogen-bond donors (Lipinski definition) is 1. The van der Waals surface area contributed by atoms with E-state index in [1.165, 1.54) is 0 Å². The zero-order chi connectivity index (χ0) is 11.0. The Bertz CT molecular complexity index is 226. The molecular weight excluding hydrogens is 211 g/mol. The summed E-state index contributed by atoms with van der Waals surface area (Å²) in [6.45, 7) is 1.82. The lowest BCUT2D eigenvalue weighted by Gasteiger charge is -2.01. The van der Waals surface area contributed by atoms with Crippen molar-refractivity contribution in [3.05, 3.63) is 0 Å². The average Bonchev–Trinajstić information content (AvgIpc) is 2.02. The standard InChI is InChI=1S/C7H11O6P/c1-2-12-6(8)3-4-13-7(9)5-14(10)11/h2-5H2,1H3/p+1. The van der Waals surface area contributed by atoms with Gasteiger partial charge in [-0.05, 0) is 11.5 Å². The summed E-state index contributed by atoms with van der Waals surface area (Å²) in [4.78, 5) is 29.7. The Morgan fingerprint density at radius 3 is 2.43 bits per heavy atom. The number of esters is 2. The Balaban J connectivity index is 3.49. The molecule has 0 bridgehead atoms. The quantitative estimate of drug-likeness (QED) is 0.511. The van der Waals surface area contributed by atoms with Gasteiger partial charge in [-0.2, -0.15) is 4.89 Å². The molecule has 0 radical (unpaired) electrons. The average molecular weight is 223 g/mol. The fourth-order valence-electron chi connectivity index (χ4n) is 0.637. The lowest BCUT2D eigenvalue weighted by atomic mass is 10.5. The van der Waals surface area contributed by atoms with Crippen LogP contribution in [0.15, 0.2) is 0 Å². The van der Waals surface area contributed by atoms with Crippen LogP contribution in [0, 0.1) is 0 Å². The summed E-state index contributed by atoms with van der Waals surface area (Å²) in [6.07, 6.45) is -0.583. The van der Waals surface area contributed by atoms with Gasteiger partial charge in [-0.25, -0.2) is 4.79 Å². The maximum atomic E-state index is 10.7. The highest BCUT2D eigenvalue weighted by molar-refractivity contribution is 7.39. The molecule has 1 unspecified atom stereocenters. The van der Waals surface area contributed by atoms with E-state index in [0.717, 1.165) is 0 Å². The van der Waals surface area contributed by atoms with Crippen molar-refractivity contribution in [2.24, 2.45) is 0 Å². The zero-order valence-electron chi connectivity index (χ0n) is 7.76. The molecule has 7 heteroatoms. The largest absolute Gasteiger partial charge is 0.517 e. The second-order valence-electron chi connectivity index (χ2n) is 2.29. The lowest BCUT2D eigenvalue weighted by Crippen LogP contribution is -2.13. The van der Waals surface area contributed by atoms with Gasteiger partial charge >= 0.3 is 20.0 Å². The first kappa shape index (κ1) is 13.0. The summed E-state index contributed by atoms with van der Waals surface area (Å²) in [5.74, 6) is -1.26. The molecule has 0 saturated carbocycles. The van der Waals surface area contributed by atoms with Gasteiger partial charge < -0.3 is 9.47 Å². The molecule has 1 N–H and O–H groups in total. The van der Waals surface area contributed by atoms with Crippen LogP contribution in [0.4, 0.5) is 0 Å². The lowest BCUT2D eigenvalue weighted by molar-refractivity contribution is -0.147. The van der Waals surface area contributed by atoms with Gasteiger partial charge in [0.1, 0.15) is 6.61 Å². The molecule has 14 heavy (non-hydrogen) atoms. The number of ether oxygens (including phenoxy) is 2. The van der Waals surface area contributed by atoms with E-state index in [0.29, 0.717) is 0 Å². The van der Waals surface area contributed by atoms with Crippen molar-refractivity contribution >= 4 is 20.0 Å². The minimum atomic E-state index is -2.52. The van der Waals surface area contributed by atoms with Crippen LogP contribution < -0.4 is 0 Å². The second-order valence-corrected chi connectivity index (χ2v) is 3.31. The van der Waals surface area contributed by atoms with E-state index in [-0.39, 0.29) is 19.6 Å². The van der Waals surface area contributed by atoms with Gasteiger partial charge in [0.15, 0.2) is 0 Å². The maximum absolute atomic E-state index is 10.7. The minimum Gasteiger partial charge on any atom is -0.466 e. The molecule has 0 heterocycles. The van der Waals surface area contributed by atoms with Crippen LogP contribution in [-0.4, -0.2) is 36.2 Å². The molecule has 0 aromatic rings. The predicted octanol–water partition coefficient (Wildman–Crippen LogP) is 0.217. The van der Waals surface area contributed by atoms with Gasteiger partial charge in [0.25, 0.3) is 6.16 Å². The van der Waals surface area contributed by atoms with Crippen molar-refractivity contribution in [1.29, 1.82) is 0 Å². The minimum absolute atomic E-state index is 0.0399. The Hall–Kier alpha value is -1.00. The van der Waals surface area contributed by atoms with Crippen molar-refractivity contribution in [2.45, 2.75) is 13.3 Å². The number of rotatable bonds is 6. The smallest absolute Gasteiger partial charge is 0.466 e. The predicted molar refractivity (Wildman–Crippen MR) is 46.9 cm³/mol. The Kier molecular flexibility index (Phi) is 6.88. The van der Waals surface area contributed by atoms with Crippen molar-refractivity contribution in [3.8, 4) is 0 Å². The molecule has 0 aromatic carbocycles. The van der Waals surface area contributed by atoms with Crippen molar-refractivity contribution in [2.75, 3.05) is 19.4 Å². The van der Waals surface area contributed by atoms with Crippen LogP contribution in [-0.2, 0) is 23.6 Å². The zero-order valence-corrected chi connectivity index (χ0v) is 8.66. The van der Waals surface area contributed by atoms with E-state index >= 15 is 0 Å². The molecule has 1 atom stereocenters.